The minimum Gasteiger partial charge on any atom is -0.456 e. The number of nitrogens with zero attached hydrogens (tertiary/aromatic N) is 3. The van der Waals surface area contributed by atoms with Gasteiger partial charge < -0.3 is 18.5 Å². The first-order chi connectivity index (χ1) is 35.9. The number of allylic oxidation sites excluding steroid dienone is 2. The molecule has 0 bridgehead atoms. The second-order valence-electron chi connectivity index (χ2n) is 19.8. The Morgan fingerprint density at radius 1 is 0.452 bits per heavy atom. The van der Waals surface area contributed by atoms with Crippen LogP contribution in [0.15, 0.2) is 254 Å². The second kappa shape index (κ2) is 16.6. The maximum Gasteiger partial charge on any atom is 0.135 e. The summed E-state index contributed by atoms with van der Waals surface area (Å²) in [5, 5.41) is 5.93. The predicted octanol–water partition coefficient (Wildman–Crippen LogP) is 18.8. The van der Waals surface area contributed by atoms with Crippen molar-refractivity contribution in [2.75, 3.05) is 4.90 Å². The summed E-state index contributed by atoms with van der Waals surface area (Å²) in [4.78, 5) is 2.39. The van der Waals surface area contributed by atoms with Crippen LogP contribution in [0.5, 0.6) is 0 Å². The molecule has 0 saturated carbocycles. The fourth-order valence-electron chi connectivity index (χ4n) is 11.7. The Morgan fingerprint density at radius 2 is 1.00 bits per heavy atom. The molecule has 0 unspecified atom stereocenters. The molecule has 4 nitrogen and oxygen atoms in total. The van der Waals surface area contributed by atoms with E-state index in [-0.39, 0.29) is 5.41 Å². The molecule has 4 heteroatoms. The van der Waals surface area contributed by atoms with Gasteiger partial charge in [0.25, 0.3) is 0 Å². The van der Waals surface area contributed by atoms with E-state index in [9.17, 15) is 0 Å². The highest BCUT2D eigenvalue weighted by molar-refractivity contribution is 6.09. The number of rotatable bonds is 9. The minimum atomic E-state index is -0.284. The molecule has 13 aromatic rings. The molecule has 346 valence electrons. The molecule has 0 aliphatic heterocycles. The number of aromatic nitrogens is 2. The lowest BCUT2D eigenvalue weighted by molar-refractivity contribution is 0.660. The van der Waals surface area contributed by atoms with Crippen molar-refractivity contribution in [2.45, 2.75) is 19.3 Å². The molecule has 0 radical (unpaired) electrons. The van der Waals surface area contributed by atoms with Crippen LogP contribution in [0.2, 0.25) is 0 Å². The first kappa shape index (κ1) is 42.5. The Bertz CT molecular complexity index is 4300. The van der Waals surface area contributed by atoms with E-state index in [1.807, 2.05) is 18.2 Å². The molecule has 14 rings (SSSR count). The van der Waals surface area contributed by atoms with Crippen molar-refractivity contribution in [2.24, 2.45) is 0 Å². The van der Waals surface area contributed by atoms with E-state index < -0.39 is 0 Å². The second-order valence-corrected chi connectivity index (χ2v) is 19.8. The first-order valence-corrected chi connectivity index (χ1v) is 25.1. The fraction of sp³-hybridized carbons (Fsp3) is 0.0435. The average molecular weight is 936 g/mol. The number of anilines is 3. The van der Waals surface area contributed by atoms with Gasteiger partial charge in [0.15, 0.2) is 0 Å². The smallest absolute Gasteiger partial charge is 0.135 e. The number of furan rings is 1. The average Bonchev–Trinajstić information content (AvgIpc) is 4.17. The molecule has 10 aromatic carbocycles. The number of hydrogen-bond donors (Lipinski definition) is 0. The van der Waals surface area contributed by atoms with Crippen molar-refractivity contribution in [3.8, 4) is 33.6 Å². The van der Waals surface area contributed by atoms with Gasteiger partial charge in [0.2, 0.25) is 0 Å². The lowest BCUT2D eigenvalue weighted by Gasteiger charge is -2.28. The third-order valence-corrected chi connectivity index (χ3v) is 15.3. The summed E-state index contributed by atoms with van der Waals surface area (Å²) in [6.07, 6.45) is 4.27. The Hall–Kier alpha value is -9.38. The number of hydrogen-bond acceptors (Lipinski definition) is 2. The Kier molecular flexibility index (Phi) is 9.67. The van der Waals surface area contributed by atoms with E-state index in [0.29, 0.717) is 0 Å². The highest BCUT2D eigenvalue weighted by atomic mass is 16.3. The fourth-order valence-corrected chi connectivity index (χ4v) is 11.7. The van der Waals surface area contributed by atoms with Crippen LogP contribution in [0.1, 0.15) is 36.2 Å². The molecule has 0 atom stereocenters. The zero-order valence-corrected chi connectivity index (χ0v) is 40.6. The molecule has 1 aliphatic rings. The SMILES string of the molecule is C=C/C(=C\c1cc2ccccc2n1-c1ccccc1)c1ccc2c(c1)C(C)(C)c1cc(N(c3ccc(-c4ccc(-n5c6ccccc6c6ccccc65)cc4)cc3)c3ccc4oc5ccccc5c4c3)ccc1-2. The molecule has 1 aliphatic carbocycles. The van der Waals surface area contributed by atoms with Crippen LogP contribution in [-0.4, -0.2) is 9.13 Å². The van der Waals surface area contributed by atoms with Crippen LogP contribution in [-0.2, 0) is 5.41 Å². The van der Waals surface area contributed by atoms with Crippen molar-refractivity contribution < 1.29 is 4.42 Å². The summed E-state index contributed by atoms with van der Waals surface area (Å²) in [7, 11) is 0. The molecule has 0 saturated heterocycles. The van der Waals surface area contributed by atoms with Gasteiger partial charge in [-0.25, -0.2) is 0 Å². The molecular weight excluding hydrogens is 887 g/mol. The molecule has 0 amide bonds. The minimum absolute atomic E-state index is 0.284. The van der Waals surface area contributed by atoms with Crippen molar-refractivity contribution in [1.82, 2.24) is 9.13 Å². The molecule has 3 heterocycles. The van der Waals surface area contributed by atoms with Gasteiger partial charge in [0.1, 0.15) is 11.2 Å². The van der Waals surface area contributed by atoms with Crippen LogP contribution < -0.4 is 4.90 Å². The monoisotopic (exact) mass is 935 g/mol. The predicted molar refractivity (Wildman–Crippen MR) is 307 cm³/mol. The van der Waals surface area contributed by atoms with Crippen molar-refractivity contribution in [3.05, 3.63) is 272 Å². The largest absolute Gasteiger partial charge is 0.456 e. The van der Waals surface area contributed by atoms with Crippen LogP contribution >= 0.6 is 0 Å². The molecule has 0 N–H and O–H groups in total. The highest BCUT2D eigenvalue weighted by Gasteiger charge is 2.36. The molecule has 0 spiro atoms. The van der Waals surface area contributed by atoms with E-state index in [1.165, 1.54) is 60.5 Å². The zero-order valence-electron chi connectivity index (χ0n) is 40.6. The first-order valence-electron chi connectivity index (χ1n) is 25.1. The Labute approximate surface area is 424 Å². The van der Waals surface area contributed by atoms with Crippen LogP contribution in [0.25, 0.3) is 99.9 Å². The lowest BCUT2D eigenvalue weighted by Crippen LogP contribution is -2.17. The van der Waals surface area contributed by atoms with E-state index in [4.69, 9.17) is 4.42 Å². The molecule has 0 fully saturated rings. The zero-order chi connectivity index (χ0) is 48.8. The van der Waals surface area contributed by atoms with E-state index in [1.54, 1.807) is 0 Å². The third-order valence-electron chi connectivity index (χ3n) is 15.3. The molecule has 73 heavy (non-hydrogen) atoms. The van der Waals surface area contributed by atoms with Gasteiger partial charge in [-0.3, -0.25) is 0 Å². The quantitative estimate of drug-likeness (QED) is 0.135. The topological polar surface area (TPSA) is 26.2 Å². The molecular formula is C69H49N3O. The number of benzene rings is 10. The van der Waals surface area contributed by atoms with Gasteiger partial charge in [-0.05, 0) is 154 Å². The summed E-state index contributed by atoms with van der Waals surface area (Å²) in [5.74, 6) is 0. The highest BCUT2D eigenvalue weighted by Crippen LogP contribution is 2.52. The summed E-state index contributed by atoms with van der Waals surface area (Å²) in [5.41, 5.74) is 21.4. The standard InChI is InChI=1S/C69H49N3O/c1-4-45(40-55-41-49-16-8-12-22-64(49)71(55)50-17-6-5-7-18-50)48-30-37-56-57-38-35-54(44-63(57)69(2,3)62(56)42-48)70(53-36-39-68-61(43-53)60-21-11-15-25-67(60)73-68)51-31-26-46(27-32-51)47-28-33-52(34-29-47)72-65-23-13-9-19-58(65)59-20-10-14-24-66(59)72/h4-44H,1H2,2-3H3/b45-40+. The molecule has 3 aromatic heterocycles. The van der Waals surface area contributed by atoms with Gasteiger partial charge in [0, 0.05) is 66.5 Å². The van der Waals surface area contributed by atoms with Gasteiger partial charge >= 0.3 is 0 Å². The normalized spacial score (nSPS) is 13.0. The van der Waals surface area contributed by atoms with Crippen molar-refractivity contribution >= 4 is 83.4 Å². The maximum absolute atomic E-state index is 6.34. The van der Waals surface area contributed by atoms with Gasteiger partial charge in [-0.2, -0.15) is 0 Å². The Balaban J connectivity index is 0.836. The summed E-state index contributed by atoms with van der Waals surface area (Å²) in [6.45, 7) is 9.08. The number of para-hydroxylation sites is 5. The third kappa shape index (κ3) is 6.83. The van der Waals surface area contributed by atoms with Crippen LogP contribution in [0.3, 0.4) is 0 Å². The van der Waals surface area contributed by atoms with Gasteiger partial charge in [-0.1, -0.05) is 160 Å². The van der Waals surface area contributed by atoms with E-state index in [0.717, 1.165) is 72.8 Å². The van der Waals surface area contributed by atoms with Crippen molar-refractivity contribution in [1.29, 1.82) is 0 Å². The van der Waals surface area contributed by atoms with Gasteiger partial charge in [-0.15, -0.1) is 0 Å². The maximum atomic E-state index is 6.34. The van der Waals surface area contributed by atoms with E-state index >= 15 is 0 Å². The van der Waals surface area contributed by atoms with Gasteiger partial charge in [0.05, 0.1) is 16.6 Å². The van der Waals surface area contributed by atoms with E-state index in [2.05, 4.69) is 265 Å². The van der Waals surface area contributed by atoms with Crippen LogP contribution in [0.4, 0.5) is 17.1 Å². The summed E-state index contributed by atoms with van der Waals surface area (Å²) >= 11 is 0. The van der Waals surface area contributed by atoms with Crippen molar-refractivity contribution in [3.63, 3.8) is 0 Å². The lowest BCUT2D eigenvalue weighted by atomic mass is 9.81. The summed E-state index contributed by atoms with van der Waals surface area (Å²) in [6, 6.07) is 85.7. The number of fused-ring (bicyclic) bond motifs is 10. The van der Waals surface area contributed by atoms with Crippen LogP contribution in [0, 0.1) is 0 Å². The summed E-state index contributed by atoms with van der Waals surface area (Å²) < 4.78 is 11.0. The Morgan fingerprint density at radius 3 is 1.73 bits per heavy atom.